The number of nitrogens with one attached hydrogen (secondary N) is 1. The van der Waals surface area contributed by atoms with Gasteiger partial charge in [-0.15, -0.1) is 10.2 Å². The zero-order chi connectivity index (χ0) is 21.6. The van der Waals surface area contributed by atoms with Gasteiger partial charge < -0.3 is 20.8 Å². The molecule has 0 bridgehead atoms. The van der Waals surface area contributed by atoms with E-state index < -0.39 is 0 Å². The molecule has 0 spiro atoms. The molecular formula is C22H26N6O2S. The number of nitrogens with zero attached hydrogens (tertiary/aromatic N) is 4. The SMILES string of the molecule is COc1ccccc1-c1nnc(SCC(=O)Nc2ccc(N3CCCCC3)cc2)n1N. The zero-order valence-electron chi connectivity index (χ0n) is 17.5. The molecule has 1 aliphatic rings. The van der Waals surface area contributed by atoms with Crippen molar-refractivity contribution < 1.29 is 9.53 Å². The first-order valence-electron chi connectivity index (χ1n) is 10.3. The van der Waals surface area contributed by atoms with Crippen LogP contribution in [0.25, 0.3) is 11.4 Å². The van der Waals surface area contributed by atoms with Crippen molar-refractivity contribution in [1.82, 2.24) is 14.9 Å². The number of amides is 1. The van der Waals surface area contributed by atoms with Crippen molar-refractivity contribution in [3.05, 3.63) is 48.5 Å². The number of nitrogens with two attached hydrogens (primary N) is 1. The van der Waals surface area contributed by atoms with Crippen LogP contribution in [0.15, 0.2) is 53.7 Å². The van der Waals surface area contributed by atoms with E-state index in [0.29, 0.717) is 16.7 Å². The van der Waals surface area contributed by atoms with Gasteiger partial charge in [0.1, 0.15) is 5.75 Å². The molecule has 0 atom stereocenters. The maximum absolute atomic E-state index is 12.4. The van der Waals surface area contributed by atoms with Crippen molar-refractivity contribution in [2.75, 3.05) is 42.0 Å². The van der Waals surface area contributed by atoms with Crippen LogP contribution in [0.1, 0.15) is 19.3 Å². The number of carbonyl (C=O) groups is 1. The fourth-order valence-corrected chi connectivity index (χ4v) is 4.28. The monoisotopic (exact) mass is 438 g/mol. The third-order valence-electron chi connectivity index (χ3n) is 5.22. The van der Waals surface area contributed by atoms with E-state index in [0.717, 1.165) is 24.3 Å². The minimum Gasteiger partial charge on any atom is -0.496 e. The third kappa shape index (κ3) is 4.93. The summed E-state index contributed by atoms with van der Waals surface area (Å²) in [7, 11) is 1.59. The average Bonchev–Trinajstić information content (AvgIpc) is 3.18. The molecular weight excluding hydrogens is 412 g/mol. The Morgan fingerprint density at radius 1 is 1.10 bits per heavy atom. The molecule has 0 aliphatic carbocycles. The van der Waals surface area contributed by atoms with Gasteiger partial charge in [0.2, 0.25) is 11.1 Å². The second kappa shape index (κ2) is 9.74. The quantitative estimate of drug-likeness (QED) is 0.431. The number of rotatable bonds is 7. The van der Waals surface area contributed by atoms with Crippen LogP contribution in [0.3, 0.4) is 0 Å². The summed E-state index contributed by atoms with van der Waals surface area (Å²) >= 11 is 1.23. The minimum absolute atomic E-state index is 0.127. The van der Waals surface area contributed by atoms with Crippen molar-refractivity contribution in [3.8, 4) is 17.1 Å². The van der Waals surface area contributed by atoms with E-state index in [-0.39, 0.29) is 11.7 Å². The number of hydrogen-bond donors (Lipinski definition) is 2. The van der Waals surface area contributed by atoms with Gasteiger partial charge in [-0.25, -0.2) is 4.68 Å². The fourth-order valence-electron chi connectivity index (χ4n) is 3.62. The van der Waals surface area contributed by atoms with E-state index in [1.165, 1.54) is 41.4 Å². The maximum Gasteiger partial charge on any atom is 0.234 e. The van der Waals surface area contributed by atoms with Crippen LogP contribution in [0, 0.1) is 0 Å². The van der Waals surface area contributed by atoms with Crippen LogP contribution in [0.4, 0.5) is 11.4 Å². The van der Waals surface area contributed by atoms with E-state index in [4.69, 9.17) is 10.6 Å². The Kier molecular flexibility index (Phi) is 6.61. The highest BCUT2D eigenvalue weighted by Gasteiger charge is 2.17. The Hall–Kier alpha value is -3.20. The van der Waals surface area contributed by atoms with Gasteiger partial charge in [-0.2, -0.15) is 0 Å². The molecule has 31 heavy (non-hydrogen) atoms. The zero-order valence-corrected chi connectivity index (χ0v) is 18.3. The summed E-state index contributed by atoms with van der Waals surface area (Å²) in [4.78, 5) is 14.8. The average molecular weight is 439 g/mol. The van der Waals surface area contributed by atoms with E-state index >= 15 is 0 Å². The highest BCUT2D eigenvalue weighted by atomic mass is 32.2. The fraction of sp³-hybridized carbons (Fsp3) is 0.318. The van der Waals surface area contributed by atoms with Gasteiger partial charge in [0.25, 0.3) is 0 Å². The standard InChI is InChI=1S/C22H26N6O2S/c1-30-19-8-4-3-7-18(19)21-25-26-22(28(21)23)31-15-20(29)24-16-9-11-17(12-10-16)27-13-5-2-6-14-27/h3-4,7-12H,2,5-6,13-15,23H2,1H3,(H,24,29). The van der Waals surface area contributed by atoms with Crippen molar-refractivity contribution in [2.45, 2.75) is 24.4 Å². The van der Waals surface area contributed by atoms with Gasteiger partial charge in [0.15, 0.2) is 5.82 Å². The Bertz CT molecular complexity index is 1030. The molecule has 2 aromatic carbocycles. The summed E-state index contributed by atoms with van der Waals surface area (Å²) in [5, 5.41) is 11.7. The molecule has 3 aromatic rings. The Balaban J connectivity index is 1.34. The number of piperidine rings is 1. The number of aromatic nitrogens is 3. The van der Waals surface area contributed by atoms with Crippen LogP contribution in [0.5, 0.6) is 5.75 Å². The number of anilines is 2. The Morgan fingerprint density at radius 3 is 2.58 bits per heavy atom. The van der Waals surface area contributed by atoms with Crippen LogP contribution in [-0.4, -0.2) is 46.7 Å². The van der Waals surface area contributed by atoms with Gasteiger partial charge in [-0.1, -0.05) is 23.9 Å². The van der Waals surface area contributed by atoms with Gasteiger partial charge >= 0.3 is 0 Å². The van der Waals surface area contributed by atoms with Crippen molar-refractivity contribution in [1.29, 1.82) is 0 Å². The predicted molar refractivity (Wildman–Crippen MR) is 124 cm³/mol. The lowest BCUT2D eigenvalue weighted by Crippen LogP contribution is -2.29. The van der Waals surface area contributed by atoms with Crippen LogP contribution in [0.2, 0.25) is 0 Å². The lowest BCUT2D eigenvalue weighted by atomic mass is 10.1. The maximum atomic E-state index is 12.4. The first-order chi connectivity index (χ1) is 15.2. The smallest absolute Gasteiger partial charge is 0.234 e. The largest absolute Gasteiger partial charge is 0.496 e. The first kappa shape index (κ1) is 21.0. The van der Waals surface area contributed by atoms with Crippen LogP contribution >= 0.6 is 11.8 Å². The van der Waals surface area contributed by atoms with Crippen molar-refractivity contribution in [2.24, 2.45) is 0 Å². The van der Waals surface area contributed by atoms with E-state index in [1.54, 1.807) is 7.11 Å². The lowest BCUT2D eigenvalue weighted by Gasteiger charge is -2.28. The molecule has 1 aliphatic heterocycles. The molecule has 1 amide bonds. The van der Waals surface area contributed by atoms with E-state index in [2.05, 4.69) is 32.5 Å². The van der Waals surface area contributed by atoms with Crippen LogP contribution in [-0.2, 0) is 4.79 Å². The molecule has 3 N–H and O–H groups in total. The van der Waals surface area contributed by atoms with Crippen molar-refractivity contribution in [3.63, 3.8) is 0 Å². The number of benzene rings is 2. The number of carbonyl (C=O) groups excluding carboxylic acids is 1. The Labute approximate surface area is 185 Å². The Morgan fingerprint density at radius 2 is 1.84 bits per heavy atom. The predicted octanol–water partition coefficient (Wildman–Crippen LogP) is 3.39. The summed E-state index contributed by atoms with van der Waals surface area (Å²) in [6.45, 7) is 2.19. The first-order valence-corrected chi connectivity index (χ1v) is 11.3. The number of para-hydroxylation sites is 1. The number of methoxy groups -OCH3 is 1. The molecule has 1 fully saturated rings. The second-order valence-electron chi connectivity index (χ2n) is 7.31. The minimum atomic E-state index is -0.127. The molecule has 162 valence electrons. The number of nitrogen functional groups attached to an aromatic ring is 1. The van der Waals surface area contributed by atoms with Gasteiger partial charge in [-0.3, -0.25) is 4.79 Å². The number of thioether (sulfide) groups is 1. The molecule has 0 radical (unpaired) electrons. The van der Waals surface area contributed by atoms with Crippen molar-refractivity contribution >= 4 is 29.0 Å². The van der Waals surface area contributed by atoms with E-state index in [1.807, 2.05) is 36.4 Å². The van der Waals surface area contributed by atoms with E-state index in [9.17, 15) is 4.79 Å². The topological polar surface area (TPSA) is 98.3 Å². The summed E-state index contributed by atoms with van der Waals surface area (Å²) in [6, 6.07) is 15.5. The molecule has 0 unspecified atom stereocenters. The molecule has 4 rings (SSSR count). The third-order valence-corrected chi connectivity index (χ3v) is 6.16. The summed E-state index contributed by atoms with van der Waals surface area (Å²) < 4.78 is 6.74. The number of ether oxygens (including phenoxy) is 1. The van der Waals surface area contributed by atoms with Gasteiger partial charge in [-0.05, 0) is 55.7 Å². The van der Waals surface area contributed by atoms with Gasteiger partial charge in [0, 0.05) is 24.5 Å². The normalized spacial score (nSPS) is 13.8. The molecule has 1 saturated heterocycles. The molecule has 9 heteroatoms. The second-order valence-corrected chi connectivity index (χ2v) is 8.25. The van der Waals surface area contributed by atoms with Gasteiger partial charge in [0.05, 0.1) is 18.4 Å². The molecule has 8 nitrogen and oxygen atoms in total. The molecule has 2 heterocycles. The highest BCUT2D eigenvalue weighted by Crippen LogP contribution is 2.29. The summed E-state index contributed by atoms with van der Waals surface area (Å²) in [6.07, 6.45) is 3.78. The van der Waals surface area contributed by atoms with Crippen LogP contribution < -0.4 is 20.8 Å². The molecule has 0 saturated carbocycles. The summed E-state index contributed by atoms with van der Waals surface area (Å²) in [5.74, 6) is 7.35. The highest BCUT2D eigenvalue weighted by molar-refractivity contribution is 7.99. The molecule has 1 aromatic heterocycles. The summed E-state index contributed by atoms with van der Waals surface area (Å²) in [5.41, 5.74) is 2.72. The number of hydrogen-bond acceptors (Lipinski definition) is 7. The lowest BCUT2D eigenvalue weighted by molar-refractivity contribution is -0.113.